The molecule has 0 heterocycles. The monoisotopic (exact) mass is 98.0 g/mol. The standard InChI is InChI=1S/C5H6O2/c1-2-5(7)3-4-6/h1,3-7H/b4-3+. The van der Waals surface area contributed by atoms with Crippen LogP contribution in [0, 0.1) is 12.3 Å². The van der Waals surface area contributed by atoms with Crippen molar-refractivity contribution < 1.29 is 10.2 Å². The Labute approximate surface area is 42.1 Å². The number of aliphatic hydroxyl groups is 2. The zero-order chi connectivity index (χ0) is 5.70. The molecule has 0 aromatic carbocycles. The van der Waals surface area contributed by atoms with Crippen LogP contribution in [0.3, 0.4) is 0 Å². The average molecular weight is 98.1 g/mol. The predicted molar refractivity (Wildman–Crippen MR) is 26.6 cm³/mol. The molecule has 0 aromatic rings. The molecule has 0 spiro atoms. The van der Waals surface area contributed by atoms with Crippen molar-refractivity contribution in [3.05, 3.63) is 12.3 Å². The lowest BCUT2D eigenvalue weighted by Crippen LogP contribution is -1.94. The summed E-state index contributed by atoms with van der Waals surface area (Å²) < 4.78 is 0. The van der Waals surface area contributed by atoms with Crippen LogP contribution in [0.5, 0.6) is 0 Å². The van der Waals surface area contributed by atoms with Crippen LogP contribution in [0.15, 0.2) is 12.3 Å². The molecule has 0 saturated heterocycles. The Morgan fingerprint density at radius 2 is 2.29 bits per heavy atom. The highest BCUT2D eigenvalue weighted by Crippen LogP contribution is 1.77. The summed E-state index contributed by atoms with van der Waals surface area (Å²) in [5.74, 6) is 1.97. The number of hydrogen-bond donors (Lipinski definition) is 2. The third-order valence-corrected chi connectivity index (χ3v) is 0.439. The predicted octanol–water partition coefficient (Wildman–Crippen LogP) is 0.0522. The highest BCUT2D eigenvalue weighted by molar-refractivity contribution is 5.03. The van der Waals surface area contributed by atoms with Gasteiger partial charge < -0.3 is 10.2 Å². The quantitative estimate of drug-likeness (QED) is 0.359. The molecule has 1 unspecified atom stereocenters. The van der Waals surface area contributed by atoms with Crippen LogP contribution in [-0.4, -0.2) is 16.3 Å². The molecule has 0 aliphatic carbocycles. The molecule has 0 amide bonds. The first kappa shape index (κ1) is 6.06. The van der Waals surface area contributed by atoms with E-state index in [9.17, 15) is 0 Å². The van der Waals surface area contributed by atoms with Gasteiger partial charge in [-0.05, 0) is 6.08 Å². The molecule has 38 valence electrons. The second-order valence-electron chi connectivity index (χ2n) is 0.953. The van der Waals surface area contributed by atoms with Gasteiger partial charge in [-0.3, -0.25) is 0 Å². The zero-order valence-corrected chi connectivity index (χ0v) is 3.70. The minimum absolute atomic E-state index is 0.713. The molecule has 0 bridgehead atoms. The highest BCUT2D eigenvalue weighted by Gasteiger charge is 1.84. The lowest BCUT2D eigenvalue weighted by Gasteiger charge is -1.86. The molecular formula is C5H6O2. The fourth-order valence-electron chi connectivity index (χ4n) is 0.137. The minimum Gasteiger partial charge on any atom is -0.516 e. The smallest absolute Gasteiger partial charge is 0.136 e. The Morgan fingerprint density at radius 1 is 1.71 bits per heavy atom. The van der Waals surface area contributed by atoms with E-state index in [0.717, 1.165) is 6.08 Å². The highest BCUT2D eigenvalue weighted by atomic mass is 16.3. The normalized spacial score (nSPS) is 13.7. The van der Waals surface area contributed by atoms with Gasteiger partial charge in [0, 0.05) is 0 Å². The number of terminal acetylenes is 1. The first-order valence-electron chi connectivity index (χ1n) is 1.76. The molecule has 0 aliphatic heterocycles. The summed E-state index contributed by atoms with van der Waals surface area (Å²) in [5, 5.41) is 16.3. The Hall–Kier alpha value is -0.940. The first-order chi connectivity index (χ1) is 3.31. The topological polar surface area (TPSA) is 40.5 Å². The lowest BCUT2D eigenvalue weighted by atomic mass is 10.4. The van der Waals surface area contributed by atoms with E-state index in [4.69, 9.17) is 16.6 Å². The molecule has 0 aromatic heterocycles. The van der Waals surface area contributed by atoms with Gasteiger partial charge in [-0.25, -0.2) is 0 Å². The number of hydrogen-bond acceptors (Lipinski definition) is 2. The maximum absolute atomic E-state index is 8.38. The molecule has 0 saturated carbocycles. The van der Waals surface area contributed by atoms with Crippen molar-refractivity contribution in [2.75, 3.05) is 0 Å². The molecule has 2 N–H and O–H groups in total. The van der Waals surface area contributed by atoms with Gasteiger partial charge in [-0.15, -0.1) is 6.42 Å². The van der Waals surface area contributed by atoms with Gasteiger partial charge in [0.2, 0.25) is 0 Å². The molecule has 0 radical (unpaired) electrons. The molecule has 0 fully saturated rings. The SMILES string of the molecule is C#CC(O)/C=C/O. The molecule has 7 heavy (non-hydrogen) atoms. The molecule has 2 heteroatoms. The van der Waals surface area contributed by atoms with E-state index >= 15 is 0 Å². The minimum atomic E-state index is -0.954. The summed E-state index contributed by atoms with van der Waals surface area (Å²) in [6, 6.07) is 0. The van der Waals surface area contributed by atoms with E-state index in [0.29, 0.717) is 6.26 Å². The van der Waals surface area contributed by atoms with Crippen LogP contribution in [0.2, 0.25) is 0 Å². The molecule has 1 atom stereocenters. The van der Waals surface area contributed by atoms with Crippen LogP contribution in [0.25, 0.3) is 0 Å². The molecule has 0 rings (SSSR count). The van der Waals surface area contributed by atoms with Crippen molar-refractivity contribution in [3.8, 4) is 12.3 Å². The Balaban J connectivity index is 3.42. The summed E-state index contributed by atoms with van der Waals surface area (Å²) in [4.78, 5) is 0. The van der Waals surface area contributed by atoms with Gasteiger partial charge in [0.1, 0.15) is 6.10 Å². The lowest BCUT2D eigenvalue weighted by molar-refractivity contribution is 0.276. The summed E-state index contributed by atoms with van der Waals surface area (Å²) in [6.45, 7) is 0. The first-order valence-corrected chi connectivity index (χ1v) is 1.76. The fraction of sp³-hybridized carbons (Fsp3) is 0.200. The van der Waals surface area contributed by atoms with Gasteiger partial charge in [0.15, 0.2) is 0 Å². The van der Waals surface area contributed by atoms with Crippen LogP contribution in [-0.2, 0) is 0 Å². The molecule has 0 aliphatic rings. The maximum Gasteiger partial charge on any atom is 0.136 e. The van der Waals surface area contributed by atoms with Crippen LogP contribution < -0.4 is 0 Å². The van der Waals surface area contributed by atoms with Gasteiger partial charge in [-0.2, -0.15) is 0 Å². The van der Waals surface area contributed by atoms with E-state index in [2.05, 4.69) is 0 Å². The summed E-state index contributed by atoms with van der Waals surface area (Å²) in [7, 11) is 0. The van der Waals surface area contributed by atoms with Crippen molar-refractivity contribution in [1.82, 2.24) is 0 Å². The Kier molecular flexibility index (Phi) is 2.82. The zero-order valence-electron chi connectivity index (χ0n) is 3.70. The van der Waals surface area contributed by atoms with Gasteiger partial charge >= 0.3 is 0 Å². The van der Waals surface area contributed by atoms with E-state index < -0.39 is 6.10 Å². The van der Waals surface area contributed by atoms with E-state index in [1.165, 1.54) is 0 Å². The van der Waals surface area contributed by atoms with Crippen LogP contribution >= 0.6 is 0 Å². The van der Waals surface area contributed by atoms with Gasteiger partial charge in [0.25, 0.3) is 0 Å². The van der Waals surface area contributed by atoms with E-state index in [-0.39, 0.29) is 0 Å². The van der Waals surface area contributed by atoms with Gasteiger partial charge in [0.05, 0.1) is 6.26 Å². The molecular weight excluding hydrogens is 92.1 g/mol. The van der Waals surface area contributed by atoms with Crippen LogP contribution in [0.4, 0.5) is 0 Å². The van der Waals surface area contributed by atoms with Crippen molar-refractivity contribution >= 4 is 0 Å². The fourth-order valence-corrected chi connectivity index (χ4v) is 0.137. The van der Waals surface area contributed by atoms with Crippen molar-refractivity contribution in [1.29, 1.82) is 0 Å². The second-order valence-corrected chi connectivity index (χ2v) is 0.953. The Morgan fingerprint density at radius 3 is 2.43 bits per heavy atom. The van der Waals surface area contributed by atoms with E-state index in [1.54, 1.807) is 0 Å². The third kappa shape index (κ3) is 2.87. The average Bonchev–Trinajstić information content (AvgIpc) is 1.68. The number of rotatable bonds is 1. The third-order valence-electron chi connectivity index (χ3n) is 0.439. The van der Waals surface area contributed by atoms with E-state index in [1.807, 2.05) is 5.92 Å². The largest absolute Gasteiger partial charge is 0.516 e. The van der Waals surface area contributed by atoms with Crippen LogP contribution in [0.1, 0.15) is 0 Å². The number of aliphatic hydroxyl groups excluding tert-OH is 2. The summed E-state index contributed by atoms with van der Waals surface area (Å²) in [6.07, 6.45) is 5.55. The molecule has 2 nitrogen and oxygen atoms in total. The second kappa shape index (κ2) is 3.26. The van der Waals surface area contributed by atoms with Crippen molar-refractivity contribution in [3.63, 3.8) is 0 Å². The van der Waals surface area contributed by atoms with Gasteiger partial charge in [-0.1, -0.05) is 5.92 Å². The summed E-state index contributed by atoms with van der Waals surface area (Å²) in [5.41, 5.74) is 0. The summed E-state index contributed by atoms with van der Waals surface area (Å²) >= 11 is 0. The maximum atomic E-state index is 8.38. The Bertz CT molecular complexity index is 99.1. The van der Waals surface area contributed by atoms with Crippen molar-refractivity contribution in [2.24, 2.45) is 0 Å². The van der Waals surface area contributed by atoms with Crippen molar-refractivity contribution in [2.45, 2.75) is 6.10 Å².